The van der Waals surface area contributed by atoms with Gasteiger partial charge in [-0.2, -0.15) is 0 Å². The minimum atomic E-state index is 0.814. The molecule has 0 bridgehead atoms. The molecule has 5 heteroatoms. The van der Waals surface area contributed by atoms with Gasteiger partial charge in [-0.1, -0.05) is 13.8 Å². The molecule has 0 saturated heterocycles. The van der Waals surface area contributed by atoms with E-state index in [1.807, 2.05) is 17.4 Å². The van der Waals surface area contributed by atoms with Crippen molar-refractivity contribution in [2.45, 2.75) is 46.6 Å². The molecule has 0 aliphatic rings. The molecule has 0 saturated carbocycles. The van der Waals surface area contributed by atoms with E-state index in [9.17, 15) is 0 Å². The average molecular weight is 304 g/mol. The Kier molecular flexibility index (Phi) is 5.99. The third-order valence-corrected chi connectivity index (χ3v) is 4.04. The summed E-state index contributed by atoms with van der Waals surface area (Å²) >= 11 is 1.82. The number of hydrogen-bond acceptors (Lipinski definition) is 5. The molecule has 0 unspecified atom stereocenters. The zero-order valence-corrected chi connectivity index (χ0v) is 13.9. The molecule has 0 aromatic carbocycles. The molecule has 0 radical (unpaired) electrons. The Morgan fingerprint density at radius 2 is 1.81 bits per heavy atom. The Bertz CT molecular complexity index is 565. The van der Waals surface area contributed by atoms with Gasteiger partial charge in [0.1, 0.15) is 17.5 Å². The maximum absolute atomic E-state index is 4.60. The quantitative estimate of drug-likeness (QED) is 0.766. The van der Waals surface area contributed by atoms with Crippen LogP contribution < -0.4 is 10.6 Å². The molecule has 21 heavy (non-hydrogen) atoms. The van der Waals surface area contributed by atoms with Crippen LogP contribution >= 0.6 is 11.3 Å². The lowest BCUT2D eigenvalue weighted by Gasteiger charge is -2.10. The van der Waals surface area contributed by atoms with Gasteiger partial charge in [-0.15, -0.1) is 11.3 Å². The van der Waals surface area contributed by atoms with Gasteiger partial charge in [-0.05, 0) is 31.9 Å². The van der Waals surface area contributed by atoms with Gasteiger partial charge in [-0.3, -0.25) is 0 Å². The van der Waals surface area contributed by atoms with Crippen LogP contribution in [0.25, 0.3) is 0 Å². The van der Waals surface area contributed by atoms with E-state index in [0.717, 1.165) is 49.8 Å². The molecule has 2 heterocycles. The van der Waals surface area contributed by atoms with Crippen LogP contribution in [0.3, 0.4) is 0 Å². The standard InChI is InChI=1S/C16H24N4S/c1-4-6-14-19-15(17-9-5-2)10-16(20-14)18-11-13-8-7-12(3)21-13/h7-8,10H,4-6,9,11H2,1-3H3,(H2,17,18,19,20). The fourth-order valence-electron chi connectivity index (χ4n) is 2.02. The second-order valence-electron chi connectivity index (χ2n) is 5.10. The summed E-state index contributed by atoms with van der Waals surface area (Å²) in [5, 5.41) is 6.76. The maximum atomic E-state index is 4.60. The largest absolute Gasteiger partial charge is 0.370 e. The summed E-state index contributed by atoms with van der Waals surface area (Å²) in [4.78, 5) is 11.8. The van der Waals surface area contributed by atoms with Crippen LogP contribution in [0.5, 0.6) is 0 Å². The van der Waals surface area contributed by atoms with Crippen LogP contribution in [-0.4, -0.2) is 16.5 Å². The Balaban J connectivity index is 2.07. The highest BCUT2D eigenvalue weighted by atomic mass is 32.1. The summed E-state index contributed by atoms with van der Waals surface area (Å²) in [6, 6.07) is 6.31. The average Bonchev–Trinajstić information content (AvgIpc) is 2.89. The molecule has 2 N–H and O–H groups in total. The maximum Gasteiger partial charge on any atom is 0.133 e. The molecule has 4 nitrogen and oxygen atoms in total. The van der Waals surface area contributed by atoms with Crippen LogP contribution in [0.2, 0.25) is 0 Å². The Labute approximate surface area is 131 Å². The first kappa shape index (κ1) is 15.8. The summed E-state index contributed by atoms with van der Waals surface area (Å²) < 4.78 is 0. The van der Waals surface area contributed by atoms with Crippen LogP contribution in [0.15, 0.2) is 18.2 Å². The van der Waals surface area contributed by atoms with E-state index in [1.165, 1.54) is 9.75 Å². The number of aromatic nitrogens is 2. The number of nitrogens with one attached hydrogen (secondary N) is 2. The molecule has 0 fully saturated rings. The van der Waals surface area contributed by atoms with Crippen LogP contribution in [-0.2, 0) is 13.0 Å². The highest BCUT2D eigenvalue weighted by Crippen LogP contribution is 2.18. The normalized spacial score (nSPS) is 10.6. The van der Waals surface area contributed by atoms with Gasteiger partial charge in [0.15, 0.2) is 0 Å². The molecular formula is C16H24N4S. The van der Waals surface area contributed by atoms with Crippen LogP contribution in [0, 0.1) is 6.92 Å². The third-order valence-electron chi connectivity index (χ3n) is 3.04. The minimum Gasteiger partial charge on any atom is -0.370 e. The van der Waals surface area contributed by atoms with E-state index in [2.05, 4.69) is 53.5 Å². The van der Waals surface area contributed by atoms with Gasteiger partial charge in [0, 0.05) is 28.8 Å². The Morgan fingerprint density at radius 1 is 1.05 bits per heavy atom. The fourth-order valence-corrected chi connectivity index (χ4v) is 2.85. The molecule has 0 spiro atoms. The highest BCUT2D eigenvalue weighted by Gasteiger charge is 2.05. The Morgan fingerprint density at radius 3 is 2.43 bits per heavy atom. The van der Waals surface area contributed by atoms with Crippen molar-refractivity contribution in [1.82, 2.24) is 9.97 Å². The summed E-state index contributed by atoms with van der Waals surface area (Å²) in [6.07, 6.45) is 3.06. The van der Waals surface area contributed by atoms with E-state index in [4.69, 9.17) is 0 Å². The molecule has 2 aromatic heterocycles. The van der Waals surface area contributed by atoms with Crippen molar-refractivity contribution in [3.05, 3.63) is 33.8 Å². The lowest BCUT2D eigenvalue weighted by molar-refractivity contribution is 0.831. The molecule has 2 aromatic rings. The van der Waals surface area contributed by atoms with Crippen molar-refractivity contribution >= 4 is 23.0 Å². The molecule has 0 atom stereocenters. The van der Waals surface area contributed by atoms with Gasteiger partial charge in [0.2, 0.25) is 0 Å². The summed E-state index contributed by atoms with van der Waals surface area (Å²) in [7, 11) is 0. The van der Waals surface area contributed by atoms with Crippen LogP contribution in [0.1, 0.15) is 42.3 Å². The van der Waals surface area contributed by atoms with Gasteiger partial charge in [0.25, 0.3) is 0 Å². The predicted molar refractivity (Wildman–Crippen MR) is 91.2 cm³/mol. The van der Waals surface area contributed by atoms with E-state index in [1.54, 1.807) is 0 Å². The van der Waals surface area contributed by atoms with Crippen molar-refractivity contribution in [3.63, 3.8) is 0 Å². The van der Waals surface area contributed by atoms with Crippen molar-refractivity contribution < 1.29 is 0 Å². The molecule has 0 aliphatic carbocycles. The van der Waals surface area contributed by atoms with Crippen molar-refractivity contribution in [2.75, 3.05) is 17.2 Å². The zero-order valence-electron chi connectivity index (χ0n) is 13.1. The molecule has 0 aliphatic heterocycles. The van der Waals surface area contributed by atoms with Crippen molar-refractivity contribution in [3.8, 4) is 0 Å². The second-order valence-corrected chi connectivity index (χ2v) is 6.47. The first-order chi connectivity index (χ1) is 10.2. The monoisotopic (exact) mass is 304 g/mol. The summed E-state index contributed by atoms with van der Waals surface area (Å²) in [5.74, 6) is 2.72. The fraction of sp³-hybridized carbons (Fsp3) is 0.500. The number of nitrogens with zero attached hydrogens (tertiary/aromatic N) is 2. The molecule has 0 amide bonds. The SMILES string of the molecule is CCCNc1cc(NCc2ccc(C)s2)nc(CCC)n1. The number of hydrogen-bond donors (Lipinski definition) is 2. The molecule has 114 valence electrons. The topological polar surface area (TPSA) is 49.8 Å². The lowest BCUT2D eigenvalue weighted by atomic mass is 10.3. The second kappa shape index (κ2) is 7.98. The smallest absolute Gasteiger partial charge is 0.133 e. The third kappa shape index (κ3) is 5.01. The number of aryl methyl sites for hydroxylation is 2. The van der Waals surface area contributed by atoms with E-state index >= 15 is 0 Å². The van der Waals surface area contributed by atoms with E-state index < -0.39 is 0 Å². The zero-order chi connectivity index (χ0) is 15.1. The first-order valence-corrected chi connectivity index (χ1v) is 8.44. The van der Waals surface area contributed by atoms with E-state index in [0.29, 0.717) is 0 Å². The number of thiophene rings is 1. The van der Waals surface area contributed by atoms with E-state index in [-0.39, 0.29) is 0 Å². The highest BCUT2D eigenvalue weighted by molar-refractivity contribution is 7.11. The number of rotatable bonds is 8. The van der Waals surface area contributed by atoms with Gasteiger partial charge in [-0.25, -0.2) is 9.97 Å². The first-order valence-electron chi connectivity index (χ1n) is 7.62. The predicted octanol–water partition coefficient (Wildman–Crippen LogP) is 4.23. The van der Waals surface area contributed by atoms with Gasteiger partial charge in [0.05, 0.1) is 6.54 Å². The summed E-state index contributed by atoms with van der Waals surface area (Å²) in [6.45, 7) is 8.18. The van der Waals surface area contributed by atoms with Gasteiger partial charge < -0.3 is 10.6 Å². The van der Waals surface area contributed by atoms with Crippen LogP contribution in [0.4, 0.5) is 11.6 Å². The lowest BCUT2D eigenvalue weighted by Crippen LogP contribution is -2.08. The van der Waals surface area contributed by atoms with Gasteiger partial charge >= 0.3 is 0 Å². The summed E-state index contributed by atoms with van der Waals surface area (Å²) in [5.41, 5.74) is 0. The molecule has 2 rings (SSSR count). The molecular weight excluding hydrogens is 280 g/mol. The number of anilines is 2. The van der Waals surface area contributed by atoms with Crippen molar-refractivity contribution in [1.29, 1.82) is 0 Å². The minimum absolute atomic E-state index is 0.814. The Hall–Kier alpha value is -1.62. The van der Waals surface area contributed by atoms with Crippen molar-refractivity contribution in [2.24, 2.45) is 0 Å².